The van der Waals surface area contributed by atoms with Gasteiger partial charge < -0.3 is 9.52 Å². The summed E-state index contributed by atoms with van der Waals surface area (Å²) in [6.07, 6.45) is 1.45. The van der Waals surface area contributed by atoms with Crippen LogP contribution in [0.3, 0.4) is 0 Å². The van der Waals surface area contributed by atoms with Crippen LogP contribution in [0.25, 0.3) is 21.7 Å². The second-order valence-corrected chi connectivity index (χ2v) is 5.19. The first-order chi connectivity index (χ1) is 10.7. The molecule has 3 nitrogen and oxygen atoms in total. The van der Waals surface area contributed by atoms with E-state index in [9.17, 15) is 9.90 Å². The Labute approximate surface area is 126 Å². The average Bonchev–Trinajstić information content (AvgIpc) is 2.96. The number of aromatic hydroxyl groups is 1. The summed E-state index contributed by atoms with van der Waals surface area (Å²) in [6.45, 7) is 0. The number of rotatable bonds is 2. The van der Waals surface area contributed by atoms with Crippen LogP contribution in [0.5, 0.6) is 5.75 Å². The Kier molecular flexibility index (Phi) is 2.73. The number of carbonyl (C=O) groups is 1. The van der Waals surface area contributed by atoms with Crippen molar-refractivity contribution in [2.24, 2.45) is 0 Å². The van der Waals surface area contributed by atoms with Gasteiger partial charge >= 0.3 is 0 Å². The first kappa shape index (κ1) is 12.7. The fourth-order valence-corrected chi connectivity index (χ4v) is 2.76. The van der Waals surface area contributed by atoms with Crippen molar-refractivity contribution in [3.8, 4) is 5.75 Å². The minimum atomic E-state index is -0.0822. The molecule has 0 aliphatic rings. The molecule has 0 unspecified atom stereocenters. The number of phenols is 1. The topological polar surface area (TPSA) is 50.4 Å². The summed E-state index contributed by atoms with van der Waals surface area (Å²) >= 11 is 0. The molecule has 0 fully saturated rings. The standard InChI is InChI=1S/C19H12O3/c20-13-8-9-15-17(11-22-18(15)10-13)19(21)16-7-3-5-12-4-1-2-6-14(12)16/h1-11,20H. The quantitative estimate of drug-likeness (QED) is 0.552. The smallest absolute Gasteiger partial charge is 0.197 e. The Bertz CT molecular complexity index is 1010. The maximum Gasteiger partial charge on any atom is 0.197 e. The molecule has 4 aromatic rings. The first-order valence-corrected chi connectivity index (χ1v) is 6.97. The monoisotopic (exact) mass is 288 g/mol. The van der Waals surface area contributed by atoms with Gasteiger partial charge in [0.25, 0.3) is 0 Å². The molecule has 1 aromatic heterocycles. The Morgan fingerprint density at radius 1 is 0.864 bits per heavy atom. The SMILES string of the molecule is O=C(c1cccc2ccccc12)c1coc2cc(O)ccc12. The van der Waals surface area contributed by atoms with Crippen LogP contribution >= 0.6 is 0 Å². The number of ketones is 1. The summed E-state index contributed by atoms with van der Waals surface area (Å²) in [4.78, 5) is 12.9. The van der Waals surface area contributed by atoms with Gasteiger partial charge in [-0.05, 0) is 22.9 Å². The van der Waals surface area contributed by atoms with Crippen molar-refractivity contribution >= 4 is 27.5 Å². The molecule has 0 aliphatic heterocycles. The summed E-state index contributed by atoms with van der Waals surface area (Å²) in [7, 11) is 0. The molecule has 3 aromatic carbocycles. The maximum absolute atomic E-state index is 12.9. The summed E-state index contributed by atoms with van der Waals surface area (Å²) in [5, 5.41) is 12.1. The van der Waals surface area contributed by atoms with E-state index in [4.69, 9.17) is 4.42 Å². The van der Waals surface area contributed by atoms with E-state index in [1.165, 1.54) is 12.3 Å². The van der Waals surface area contributed by atoms with Gasteiger partial charge in [-0.1, -0.05) is 42.5 Å². The predicted octanol–water partition coefficient (Wildman–Crippen LogP) is 4.52. The lowest BCUT2D eigenvalue weighted by atomic mass is 9.97. The molecule has 1 N–H and O–H groups in total. The average molecular weight is 288 g/mol. The van der Waals surface area contributed by atoms with E-state index in [2.05, 4.69) is 0 Å². The van der Waals surface area contributed by atoms with Crippen molar-refractivity contribution in [3.05, 3.63) is 78.1 Å². The third-order valence-corrected chi connectivity index (χ3v) is 3.84. The van der Waals surface area contributed by atoms with Crippen LogP contribution in [-0.4, -0.2) is 10.9 Å². The number of phenolic OH excluding ortho intramolecular Hbond substituents is 1. The molecule has 4 rings (SSSR count). The molecule has 0 saturated heterocycles. The van der Waals surface area contributed by atoms with Crippen LogP contribution in [0.2, 0.25) is 0 Å². The van der Waals surface area contributed by atoms with E-state index in [0.717, 1.165) is 10.8 Å². The van der Waals surface area contributed by atoms with Crippen LogP contribution in [0.1, 0.15) is 15.9 Å². The summed E-state index contributed by atoms with van der Waals surface area (Å²) in [5.41, 5.74) is 1.66. The maximum atomic E-state index is 12.9. The van der Waals surface area contributed by atoms with Crippen molar-refractivity contribution in [1.82, 2.24) is 0 Å². The summed E-state index contributed by atoms with van der Waals surface area (Å²) in [6, 6.07) is 18.2. The van der Waals surface area contributed by atoms with Crippen molar-refractivity contribution in [3.63, 3.8) is 0 Å². The molecular weight excluding hydrogens is 276 g/mol. The second-order valence-electron chi connectivity index (χ2n) is 5.19. The first-order valence-electron chi connectivity index (χ1n) is 6.97. The van der Waals surface area contributed by atoms with Gasteiger partial charge in [-0.15, -0.1) is 0 Å². The minimum absolute atomic E-state index is 0.0822. The number of carbonyl (C=O) groups excluding carboxylic acids is 1. The van der Waals surface area contributed by atoms with E-state index >= 15 is 0 Å². The highest BCUT2D eigenvalue weighted by Crippen LogP contribution is 2.28. The predicted molar refractivity (Wildman–Crippen MR) is 85.3 cm³/mol. The van der Waals surface area contributed by atoms with Crippen LogP contribution in [0.15, 0.2) is 71.3 Å². The molecule has 3 heteroatoms. The van der Waals surface area contributed by atoms with Gasteiger partial charge in [-0.2, -0.15) is 0 Å². The van der Waals surface area contributed by atoms with E-state index < -0.39 is 0 Å². The minimum Gasteiger partial charge on any atom is -0.508 e. The number of hydrogen-bond acceptors (Lipinski definition) is 3. The molecular formula is C19H12O3. The Hall–Kier alpha value is -3.07. The van der Waals surface area contributed by atoms with E-state index in [1.807, 2.05) is 42.5 Å². The summed E-state index contributed by atoms with van der Waals surface area (Å²) < 4.78 is 5.40. The molecule has 0 atom stereocenters. The number of furan rings is 1. The molecule has 0 amide bonds. The van der Waals surface area contributed by atoms with Gasteiger partial charge in [0, 0.05) is 17.0 Å². The molecule has 1 heterocycles. The molecule has 0 aliphatic carbocycles. The molecule has 106 valence electrons. The Balaban J connectivity index is 1.92. The van der Waals surface area contributed by atoms with Crippen molar-refractivity contribution < 1.29 is 14.3 Å². The third kappa shape index (κ3) is 1.87. The van der Waals surface area contributed by atoms with Crippen molar-refractivity contribution in [2.75, 3.05) is 0 Å². The Morgan fingerprint density at radius 2 is 1.68 bits per heavy atom. The van der Waals surface area contributed by atoms with E-state index in [0.29, 0.717) is 22.1 Å². The fraction of sp³-hybridized carbons (Fsp3) is 0. The van der Waals surface area contributed by atoms with Gasteiger partial charge in [-0.25, -0.2) is 0 Å². The number of fused-ring (bicyclic) bond motifs is 2. The zero-order valence-corrected chi connectivity index (χ0v) is 11.6. The highest BCUT2D eigenvalue weighted by Gasteiger charge is 2.17. The molecule has 0 saturated carbocycles. The van der Waals surface area contributed by atoms with E-state index in [1.54, 1.807) is 12.1 Å². The molecule has 0 bridgehead atoms. The van der Waals surface area contributed by atoms with Gasteiger partial charge in [0.15, 0.2) is 5.78 Å². The highest BCUT2D eigenvalue weighted by molar-refractivity contribution is 6.21. The van der Waals surface area contributed by atoms with Crippen molar-refractivity contribution in [1.29, 1.82) is 0 Å². The van der Waals surface area contributed by atoms with Crippen LogP contribution in [0, 0.1) is 0 Å². The van der Waals surface area contributed by atoms with Crippen LogP contribution in [-0.2, 0) is 0 Å². The van der Waals surface area contributed by atoms with Crippen LogP contribution < -0.4 is 0 Å². The van der Waals surface area contributed by atoms with Gasteiger partial charge in [0.05, 0.1) is 5.56 Å². The van der Waals surface area contributed by atoms with Gasteiger partial charge in [0.1, 0.15) is 17.6 Å². The second kappa shape index (κ2) is 4.74. The normalized spacial score (nSPS) is 11.1. The molecule has 0 spiro atoms. The Morgan fingerprint density at radius 3 is 2.59 bits per heavy atom. The number of hydrogen-bond donors (Lipinski definition) is 1. The third-order valence-electron chi connectivity index (χ3n) is 3.84. The van der Waals surface area contributed by atoms with E-state index in [-0.39, 0.29) is 11.5 Å². The zero-order chi connectivity index (χ0) is 15.1. The molecule has 0 radical (unpaired) electrons. The van der Waals surface area contributed by atoms with Gasteiger partial charge in [-0.3, -0.25) is 4.79 Å². The number of benzene rings is 3. The van der Waals surface area contributed by atoms with Gasteiger partial charge in [0.2, 0.25) is 0 Å². The van der Waals surface area contributed by atoms with Crippen molar-refractivity contribution in [2.45, 2.75) is 0 Å². The zero-order valence-electron chi connectivity index (χ0n) is 11.6. The lowest BCUT2D eigenvalue weighted by Crippen LogP contribution is -2.01. The lowest BCUT2D eigenvalue weighted by Gasteiger charge is -2.04. The largest absolute Gasteiger partial charge is 0.508 e. The molecule has 22 heavy (non-hydrogen) atoms. The highest BCUT2D eigenvalue weighted by atomic mass is 16.3. The lowest BCUT2D eigenvalue weighted by molar-refractivity contribution is 0.104. The summed E-state index contributed by atoms with van der Waals surface area (Å²) in [5.74, 6) is 0.0345. The van der Waals surface area contributed by atoms with Crippen LogP contribution in [0.4, 0.5) is 0 Å². The fourth-order valence-electron chi connectivity index (χ4n) is 2.76.